The third-order valence-electron chi connectivity index (χ3n) is 2.28. The largest absolute Gasteiger partial charge is 0.117 e. The summed E-state index contributed by atoms with van der Waals surface area (Å²) in [6.07, 6.45) is 5.97. The normalized spacial score (nSPS) is 49.9. The molecule has 8 heavy (non-hydrogen) atoms. The second kappa shape index (κ2) is 1.40. The van der Waals surface area contributed by atoms with E-state index in [1.165, 1.54) is 6.42 Å². The van der Waals surface area contributed by atoms with Gasteiger partial charge in [0, 0.05) is 0 Å². The molecule has 0 saturated carbocycles. The van der Waals surface area contributed by atoms with Gasteiger partial charge in [-0.25, -0.2) is 0 Å². The molecule has 2 aliphatic rings. The van der Waals surface area contributed by atoms with Gasteiger partial charge in [0.25, 0.3) is 0 Å². The van der Waals surface area contributed by atoms with Crippen molar-refractivity contribution in [1.82, 2.24) is 0 Å². The molecule has 1 radical (unpaired) electrons. The van der Waals surface area contributed by atoms with E-state index in [9.17, 15) is 0 Å². The Morgan fingerprint density at radius 1 is 1.62 bits per heavy atom. The zero-order valence-corrected chi connectivity index (χ0v) is 5.17. The predicted octanol–water partition coefficient (Wildman–Crippen LogP) is 1.88. The summed E-state index contributed by atoms with van der Waals surface area (Å²) in [7, 11) is 2.46. The molecule has 0 aromatic carbocycles. The Morgan fingerprint density at radius 3 is 3.12 bits per heavy atom. The van der Waals surface area contributed by atoms with E-state index < -0.39 is 0 Å². The summed E-state index contributed by atoms with van der Waals surface area (Å²) >= 11 is 0. The molecule has 1 aliphatic heterocycles. The SMILES string of the molecule is CC1C=CCC2[B]C12. The van der Waals surface area contributed by atoms with E-state index >= 15 is 0 Å². The first kappa shape index (κ1) is 4.66. The lowest BCUT2D eigenvalue weighted by molar-refractivity contribution is 0.659. The number of fused-ring (bicyclic) bond motifs is 1. The highest BCUT2D eigenvalue weighted by Gasteiger charge is 2.41. The van der Waals surface area contributed by atoms with E-state index in [4.69, 9.17) is 0 Å². The molecule has 0 bridgehead atoms. The van der Waals surface area contributed by atoms with Gasteiger partial charge in [-0.15, -0.1) is 0 Å². The minimum atomic E-state index is 0.841. The summed E-state index contributed by atoms with van der Waals surface area (Å²) in [5.74, 6) is 2.77. The molecule has 1 heterocycles. The second-order valence-corrected chi connectivity index (χ2v) is 2.96. The summed E-state index contributed by atoms with van der Waals surface area (Å²) < 4.78 is 0. The molecule has 0 spiro atoms. The first-order chi connectivity index (χ1) is 3.88. The lowest BCUT2D eigenvalue weighted by atomic mass is 9.93. The Balaban J connectivity index is 2.13. The van der Waals surface area contributed by atoms with Crippen molar-refractivity contribution >= 4 is 7.28 Å². The quantitative estimate of drug-likeness (QED) is 0.326. The highest BCUT2D eigenvalue weighted by Crippen LogP contribution is 2.52. The molecule has 1 fully saturated rings. The maximum absolute atomic E-state index is 2.46. The van der Waals surface area contributed by atoms with Gasteiger partial charge in [-0.3, -0.25) is 0 Å². The highest BCUT2D eigenvalue weighted by atomic mass is 14.3. The van der Waals surface area contributed by atoms with E-state index in [0.717, 1.165) is 17.6 Å². The molecular formula is C7H10B. The minimum Gasteiger partial charge on any atom is -0.0887 e. The lowest BCUT2D eigenvalue weighted by Gasteiger charge is -2.09. The molecule has 3 unspecified atom stereocenters. The van der Waals surface area contributed by atoms with Crippen LogP contribution in [0, 0.1) is 5.92 Å². The van der Waals surface area contributed by atoms with Crippen LogP contribution in [0.15, 0.2) is 12.2 Å². The van der Waals surface area contributed by atoms with Crippen molar-refractivity contribution in [1.29, 1.82) is 0 Å². The van der Waals surface area contributed by atoms with Gasteiger partial charge in [-0.1, -0.05) is 30.7 Å². The molecule has 3 atom stereocenters. The van der Waals surface area contributed by atoms with Crippen molar-refractivity contribution in [3.05, 3.63) is 12.2 Å². The monoisotopic (exact) mass is 105 g/mol. The van der Waals surface area contributed by atoms with Gasteiger partial charge < -0.3 is 0 Å². The Morgan fingerprint density at radius 2 is 2.50 bits per heavy atom. The highest BCUT2D eigenvalue weighted by molar-refractivity contribution is 6.54. The molecular weight excluding hydrogens is 94.9 g/mol. The molecule has 0 aromatic rings. The van der Waals surface area contributed by atoms with Gasteiger partial charge in [0.05, 0.1) is 0 Å². The Kier molecular flexibility index (Phi) is 0.815. The Bertz CT molecular complexity index is 128. The lowest BCUT2D eigenvalue weighted by Crippen LogP contribution is -1.91. The zero-order chi connectivity index (χ0) is 5.56. The van der Waals surface area contributed by atoms with Crippen LogP contribution in [-0.2, 0) is 0 Å². The summed E-state index contributed by atoms with van der Waals surface area (Å²) in [6.45, 7) is 2.30. The van der Waals surface area contributed by atoms with Gasteiger partial charge in [-0.05, 0) is 12.3 Å². The van der Waals surface area contributed by atoms with Crippen LogP contribution in [0.1, 0.15) is 13.3 Å². The second-order valence-electron chi connectivity index (χ2n) is 2.96. The topological polar surface area (TPSA) is 0 Å². The summed E-state index contributed by atoms with van der Waals surface area (Å²) in [6, 6.07) is 0. The number of hydrogen-bond donors (Lipinski definition) is 0. The average molecular weight is 105 g/mol. The molecule has 1 heteroatoms. The molecule has 2 rings (SSSR count). The molecule has 0 nitrogen and oxygen atoms in total. The fourth-order valence-corrected chi connectivity index (χ4v) is 1.60. The van der Waals surface area contributed by atoms with Crippen LogP contribution in [-0.4, -0.2) is 7.28 Å². The Labute approximate surface area is 51.2 Å². The number of hydrogen-bond acceptors (Lipinski definition) is 0. The summed E-state index contributed by atoms with van der Waals surface area (Å²) in [5, 5.41) is 0. The number of rotatable bonds is 0. The van der Waals surface area contributed by atoms with Crippen LogP contribution < -0.4 is 0 Å². The van der Waals surface area contributed by atoms with E-state index in [1.807, 2.05) is 0 Å². The van der Waals surface area contributed by atoms with Crippen molar-refractivity contribution in [2.45, 2.75) is 25.0 Å². The Hall–Kier alpha value is -0.195. The smallest absolute Gasteiger partial charge is 0.0887 e. The molecule has 0 aromatic heterocycles. The van der Waals surface area contributed by atoms with Gasteiger partial charge in [0.1, 0.15) is 7.28 Å². The maximum atomic E-state index is 2.46. The first-order valence-corrected chi connectivity index (χ1v) is 3.39. The van der Waals surface area contributed by atoms with Gasteiger partial charge in [0.2, 0.25) is 0 Å². The summed E-state index contributed by atoms with van der Waals surface area (Å²) in [5.41, 5.74) is 0. The van der Waals surface area contributed by atoms with Crippen LogP contribution in [0.5, 0.6) is 0 Å². The zero-order valence-electron chi connectivity index (χ0n) is 5.17. The van der Waals surface area contributed by atoms with E-state index in [1.54, 1.807) is 0 Å². The summed E-state index contributed by atoms with van der Waals surface area (Å²) in [4.78, 5) is 0. The van der Waals surface area contributed by atoms with Crippen LogP contribution in [0.4, 0.5) is 0 Å². The maximum Gasteiger partial charge on any atom is 0.117 e. The van der Waals surface area contributed by atoms with Crippen molar-refractivity contribution in [3.8, 4) is 0 Å². The standard InChI is InChI=1S/C7H10B/c1-5-3-2-4-6-7(5)8-6/h2-3,5-7H,4H2,1H3. The van der Waals surface area contributed by atoms with Crippen molar-refractivity contribution in [2.75, 3.05) is 0 Å². The first-order valence-electron chi connectivity index (χ1n) is 3.39. The molecule has 0 N–H and O–H groups in total. The minimum absolute atomic E-state index is 0.841. The molecule has 1 saturated heterocycles. The van der Waals surface area contributed by atoms with Crippen LogP contribution in [0.25, 0.3) is 0 Å². The van der Waals surface area contributed by atoms with E-state index in [-0.39, 0.29) is 0 Å². The molecule has 1 aliphatic carbocycles. The third kappa shape index (κ3) is 0.537. The molecule has 0 amide bonds. The van der Waals surface area contributed by atoms with Gasteiger partial charge in [0.15, 0.2) is 0 Å². The van der Waals surface area contributed by atoms with Crippen molar-refractivity contribution < 1.29 is 0 Å². The molecule has 41 valence electrons. The fourth-order valence-electron chi connectivity index (χ4n) is 1.60. The van der Waals surface area contributed by atoms with E-state index in [0.29, 0.717) is 0 Å². The average Bonchev–Trinajstić information content (AvgIpc) is 2.45. The van der Waals surface area contributed by atoms with Crippen molar-refractivity contribution in [3.63, 3.8) is 0 Å². The van der Waals surface area contributed by atoms with Crippen LogP contribution in [0.3, 0.4) is 0 Å². The van der Waals surface area contributed by atoms with E-state index in [2.05, 4.69) is 26.4 Å². The van der Waals surface area contributed by atoms with Crippen LogP contribution in [0.2, 0.25) is 11.6 Å². The number of allylic oxidation sites excluding steroid dienone is 2. The third-order valence-corrected chi connectivity index (χ3v) is 2.28. The van der Waals surface area contributed by atoms with Gasteiger partial charge >= 0.3 is 0 Å². The van der Waals surface area contributed by atoms with Crippen molar-refractivity contribution in [2.24, 2.45) is 5.92 Å². The van der Waals surface area contributed by atoms with Crippen LogP contribution >= 0.6 is 0 Å². The fraction of sp³-hybridized carbons (Fsp3) is 0.714. The van der Waals surface area contributed by atoms with Gasteiger partial charge in [-0.2, -0.15) is 0 Å². The predicted molar refractivity (Wildman–Crippen MR) is 36.2 cm³/mol.